The third kappa shape index (κ3) is 8.48. The average molecular weight is 689 g/mol. The predicted octanol–water partition coefficient (Wildman–Crippen LogP) is 6.51. The van der Waals surface area contributed by atoms with Crippen LogP contribution in [0.4, 0.5) is 18.9 Å². The summed E-state index contributed by atoms with van der Waals surface area (Å²) >= 11 is 9.17. The molecule has 13 heteroatoms. The molecule has 3 aromatic rings. The molecule has 3 rings (SSSR count). The highest BCUT2D eigenvalue weighted by molar-refractivity contribution is 9.10. The van der Waals surface area contributed by atoms with E-state index < -0.39 is 56.9 Å². The van der Waals surface area contributed by atoms with Gasteiger partial charge in [0.05, 0.1) is 21.2 Å². The third-order valence-electron chi connectivity index (χ3n) is 6.25. The second kappa shape index (κ2) is 13.9. The van der Waals surface area contributed by atoms with Crippen molar-refractivity contribution in [2.75, 3.05) is 17.4 Å². The molecule has 0 bridgehead atoms. The van der Waals surface area contributed by atoms with Gasteiger partial charge in [0.2, 0.25) is 11.8 Å². The van der Waals surface area contributed by atoms with Crippen LogP contribution in [-0.4, -0.2) is 44.3 Å². The molecule has 1 N–H and O–H groups in total. The number of sulfonamides is 1. The fourth-order valence-corrected chi connectivity index (χ4v) is 6.10. The van der Waals surface area contributed by atoms with Gasteiger partial charge in [-0.2, -0.15) is 13.2 Å². The van der Waals surface area contributed by atoms with Gasteiger partial charge in [-0.25, -0.2) is 8.42 Å². The van der Waals surface area contributed by atoms with Crippen molar-refractivity contribution in [2.24, 2.45) is 5.92 Å². The molecule has 0 aliphatic heterocycles. The smallest absolute Gasteiger partial charge is 0.354 e. The standard InChI is InChI=1S/C29H30BrClF3N3O4S/c1-19(2)16-35-28(39)20(3)36(17-21-8-7-9-22(30)14-21)27(38)18-37(42(40,41)24-10-5-4-6-11-24)23-12-13-26(31)25(15-23)29(32,33)34/h4-15,19-20H,16-18H2,1-3H3,(H,35,39)/t20-/m0/s1. The molecule has 0 heterocycles. The quantitative estimate of drug-likeness (QED) is 0.249. The number of carbonyl (C=O) groups is 2. The van der Waals surface area contributed by atoms with E-state index in [1.54, 1.807) is 30.3 Å². The molecular formula is C29H30BrClF3N3O4S. The number of anilines is 1. The van der Waals surface area contributed by atoms with Gasteiger partial charge in [0.15, 0.2) is 0 Å². The van der Waals surface area contributed by atoms with E-state index >= 15 is 0 Å². The molecule has 2 amide bonds. The van der Waals surface area contributed by atoms with E-state index in [2.05, 4.69) is 21.2 Å². The van der Waals surface area contributed by atoms with Gasteiger partial charge in [0.25, 0.3) is 10.0 Å². The zero-order valence-corrected chi connectivity index (χ0v) is 26.2. The summed E-state index contributed by atoms with van der Waals surface area (Å²) in [5.41, 5.74) is -1.03. The minimum Gasteiger partial charge on any atom is -0.354 e. The molecule has 226 valence electrons. The fourth-order valence-electron chi connectivity index (χ4n) is 4.00. The van der Waals surface area contributed by atoms with E-state index in [0.717, 1.165) is 16.6 Å². The van der Waals surface area contributed by atoms with Gasteiger partial charge in [0, 0.05) is 17.6 Å². The van der Waals surface area contributed by atoms with Crippen LogP contribution in [-0.2, 0) is 32.3 Å². The maximum atomic E-state index is 13.9. The Hall–Kier alpha value is -3.09. The normalized spacial score (nSPS) is 12.6. The first kappa shape index (κ1) is 33.4. The van der Waals surface area contributed by atoms with Gasteiger partial charge in [-0.15, -0.1) is 0 Å². The van der Waals surface area contributed by atoms with Crippen LogP contribution in [0.1, 0.15) is 31.9 Å². The van der Waals surface area contributed by atoms with Crippen molar-refractivity contribution < 1.29 is 31.2 Å². The molecule has 0 saturated carbocycles. The van der Waals surface area contributed by atoms with Crippen LogP contribution in [0, 0.1) is 5.92 Å². The van der Waals surface area contributed by atoms with Gasteiger partial charge >= 0.3 is 6.18 Å². The average Bonchev–Trinajstić information content (AvgIpc) is 2.93. The molecule has 0 saturated heterocycles. The largest absolute Gasteiger partial charge is 0.417 e. The number of hydrogen-bond acceptors (Lipinski definition) is 4. The SMILES string of the molecule is CC(C)CNC(=O)[C@H](C)N(Cc1cccc(Br)c1)C(=O)CN(c1ccc(Cl)c(C(F)(F)F)c1)S(=O)(=O)c1ccccc1. The van der Waals surface area contributed by atoms with Crippen molar-refractivity contribution in [2.45, 2.75) is 44.4 Å². The van der Waals surface area contributed by atoms with Crippen LogP contribution >= 0.6 is 27.5 Å². The summed E-state index contributed by atoms with van der Waals surface area (Å²) in [7, 11) is -4.54. The summed E-state index contributed by atoms with van der Waals surface area (Å²) in [5, 5.41) is 2.15. The second-order valence-electron chi connectivity index (χ2n) is 9.95. The molecule has 0 unspecified atom stereocenters. The topological polar surface area (TPSA) is 86.8 Å². The molecule has 42 heavy (non-hydrogen) atoms. The fraction of sp³-hybridized carbons (Fsp3) is 0.310. The summed E-state index contributed by atoms with van der Waals surface area (Å²) in [6.07, 6.45) is -4.88. The summed E-state index contributed by atoms with van der Waals surface area (Å²) in [6.45, 7) is 4.72. The lowest BCUT2D eigenvalue weighted by Crippen LogP contribution is -2.51. The summed E-state index contributed by atoms with van der Waals surface area (Å²) in [4.78, 5) is 27.9. The van der Waals surface area contributed by atoms with Crippen LogP contribution in [0.5, 0.6) is 0 Å². The Balaban J connectivity index is 2.09. The molecule has 3 aromatic carbocycles. The van der Waals surface area contributed by atoms with Crippen molar-refractivity contribution in [1.82, 2.24) is 10.2 Å². The summed E-state index contributed by atoms with van der Waals surface area (Å²) in [5.74, 6) is -1.13. The van der Waals surface area contributed by atoms with E-state index in [4.69, 9.17) is 11.6 Å². The highest BCUT2D eigenvalue weighted by atomic mass is 79.9. The van der Waals surface area contributed by atoms with Gasteiger partial charge in [-0.05, 0) is 60.9 Å². The molecule has 0 aliphatic carbocycles. The monoisotopic (exact) mass is 687 g/mol. The molecule has 0 fully saturated rings. The first-order valence-electron chi connectivity index (χ1n) is 12.9. The summed E-state index contributed by atoms with van der Waals surface area (Å²) in [6, 6.07) is 15.6. The predicted molar refractivity (Wildman–Crippen MR) is 159 cm³/mol. The number of nitrogens with one attached hydrogen (secondary N) is 1. The van der Waals surface area contributed by atoms with Crippen molar-refractivity contribution >= 4 is 55.1 Å². The van der Waals surface area contributed by atoms with Crippen molar-refractivity contribution in [1.29, 1.82) is 0 Å². The number of hydrogen-bond donors (Lipinski definition) is 1. The number of nitrogens with zero attached hydrogens (tertiary/aromatic N) is 2. The van der Waals surface area contributed by atoms with E-state index in [9.17, 15) is 31.2 Å². The van der Waals surface area contributed by atoms with Crippen molar-refractivity contribution in [3.63, 3.8) is 0 Å². The number of rotatable bonds is 11. The lowest BCUT2D eigenvalue weighted by Gasteiger charge is -2.32. The highest BCUT2D eigenvalue weighted by Crippen LogP contribution is 2.38. The van der Waals surface area contributed by atoms with Crippen LogP contribution in [0.15, 0.2) is 82.2 Å². The number of halogens is 5. The molecular weight excluding hydrogens is 659 g/mol. The summed E-state index contributed by atoms with van der Waals surface area (Å²) < 4.78 is 70.0. The first-order valence-corrected chi connectivity index (χ1v) is 15.5. The molecule has 0 radical (unpaired) electrons. The van der Waals surface area contributed by atoms with Crippen LogP contribution in [0.2, 0.25) is 5.02 Å². The lowest BCUT2D eigenvalue weighted by molar-refractivity contribution is -0.139. The van der Waals surface area contributed by atoms with E-state index in [0.29, 0.717) is 22.5 Å². The van der Waals surface area contributed by atoms with Gasteiger partial charge in [-0.1, -0.05) is 71.7 Å². The zero-order valence-electron chi connectivity index (χ0n) is 23.0. The number of carbonyl (C=O) groups excluding carboxylic acids is 2. The minimum atomic E-state index is -4.88. The maximum Gasteiger partial charge on any atom is 0.417 e. The maximum absolute atomic E-state index is 13.9. The molecule has 0 aliphatic rings. The lowest BCUT2D eigenvalue weighted by atomic mass is 10.1. The number of alkyl halides is 3. The van der Waals surface area contributed by atoms with Crippen molar-refractivity contribution in [3.05, 3.63) is 93.4 Å². The Morgan fingerprint density at radius 3 is 2.24 bits per heavy atom. The van der Waals surface area contributed by atoms with Gasteiger partial charge in [0.1, 0.15) is 12.6 Å². The molecule has 7 nitrogen and oxygen atoms in total. The van der Waals surface area contributed by atoms with E-state index in [1.165, 1.54) is 36.1 Å². The first-order chi connectivity index (χ1) is 19.6. The van der Waals surface area contributed by atoms with Crippen molar-refractivity contribution in [3.8, 4) is 0 Å². The highest BCUT2D eigenvalue weighted by Gasteiger charge is 2.37. The molecule has 1 atom stereocenters. The van der Waals surface area contributed by atoms with E-state index in [-0.39, 0.29) is 17.4 Å². The zero-order chi connectivity index (χ0) is 31.2. The third-order valence-corrected chi connectivity index (χ3v) is 8.86. The van der Waals surface area contributed by atoms with Gasteiger partial charge in [-0.3, -0.25) is 13.9 Å². The second-order valence-corrected chi connectivity index (χ2v) is 13.1. The van der Waals surface area contributed by atoms with Crippen LogP contribution in [0.3, 0.4) is 0 Å². The van der Waals surface area contributed by atoms with E-state index in [1.807, 2.05) is 13.8 Å². The Morgan fingerprint density at radius 2 is 1.64 bits per heavy atom. The molecule has 0 aromatic heterocycles. The molecule has 0 spiro atoms. The minimum absolute atomic E-state index is 0.0673. The Kier molecular flexibility index (Phi) is 11.1. The Bertz CT molecular complexity index is 1520. The Labute approximate surface area is 256 Å². The number of amides is 2. The Morgan fingerprint density at radius 1 is 0.976 bits per heavy atom. The number of benzene rings is 3. The van der Waals surface area contributed by atoms with Crippen LogP contribution in [0.25, 0.3) is 0 Å². The van der Waals surface area contributed by atoms with Gasteiger partial charge < -0.3 is 10.2 Å². The van der Waals surface area contributed by atoms with Crippen LogP contribution < -0.4 is 9.62 Å².